The molecule has 1 aromatic heterocycles. The van der Waals surface area contributed by atoms with E-state index in [1.54, 1.807) is 18.4 Å². The van der Waals surface area contributed by atoms with E-state index in [-0.39, 0.29) is 0 Å². The van der Waals surface area contributed by atoms with E-state index in [1.165, 1.54) is 13.7 Å². The van der Waals surface area contributed by atoms with Gasteiger partial charge in [-0.05, 0) is 62.1 Å². The fourth-order valence-corrected chi connectivity index (χ4v) is 3.77. The predicted octanol–water partition coefficient (Wildman–Crippen LogP) is 4.28. The molecule has 68 valence electrons. The van der Waals surface area contributed by atoms with Crippen molar-refractivity contribution in [1.29, 1.82) is 0 Å². The minimum Gasteiger partial charge on any atom is -0.496 e. The molecule has 1 heterocycles. The standard InChI is InChI=1S/C9H6BrIOS/c1-12-6-3-2-5-4-7(10)13-9(5)8(6)11/h2-4H,1H3. The zero-order valence-corrected chi connectivity index (χ0v) is 11.4. The van der Waals surface area contributed by atoms with Gasteiger partial charge < -0.3 is 4.74 Å². The molecule has 0 atom stereocenters. The summed E-state index contributed by atoms with van der Waals surface area (Å²) in [4.78, 5) is 0. The van der Waals surface area contributed by atoms with E-state index in [1.807, 2.05) is 6.07 Å². The fourth-order valence-electron chi connectivity index (χ4n) is 1.18. The monoisotopic (exact) mass is 368 g/mol. The molecule has 1 nitrogen and oxygen atoms in total. The molecular formula is C9H6BrIOS. The summed E-state index contributed by atoms with van der Waals surface area (Å²) in [6.45, 7) is 0. The first-order valence-corrected chi connectivity index (χ1v) is 6.32. The van der Waals surface area contributed by atoms with Gasteiger partial charge in [-0.3, -0.25) is 0 Å². The van der Waals surface area contributed by atoms with Gasteiger partial charge in [0.05, 0.1) is 19.2 Å². The quantitative estimate of drug-likeness (QED) is 0.683. The maximum atomic E-state index is 5.25. The minimum atomic E-state index is 0.947. The van der Waals surface area contributed by atoms with Crippen molar-refractivity contribution in [2.75, 3.05) is 7.11 Å². The van der Waals surface area contributed by atoms with Gasteiger partial charge >= 0.3 is 0 Å². The van der Waals surface area contributed by atoms with E-state index < -0.39 is 0 Å². The smallest absolute Gasteiger partial charge is 0.133 e. The van der Waals surface area contributed by atoms with Gasteiger partial charge in [-0.2, -0.15) is 0 Å². The normalized spacial score (nSPS) is 10.7. The van der Waals surface area contributed by atoms with Crippen molar-refractivity contribution in [3.05, 3.63) is 25.6 Å². The molecule has 0 N–H and O–H groups in total. The van der Waals surface area contributed by atoms with Crippen LogP contribution >= 0.6 is 49.9 Å². The van der Waals surface area contributed by atoms with Crippen LogP contribution in [-0.4, -0.2) is 7.11 Å². The Morgan fingerprint density at radius 2 is 2.23 bits per heavy atom. The Bertz CT molecular complexity index is 452. The number of fused-ring (bicyclic) bond motifs is 1. The molecule has 0 bridgehead atoms. The van der Waals surface area contributed by atoms with Crippen LogP contribution in [0.3, 0.4) is 0 Å². The fraction of sp³-hybridized carbons (Fsp3) is 0.111. The largest absolute Gasteiger partial charge is 0.496 e. The molecule has 0 saturated heterocycles. The molecule has 0 saturated carbocycles. The molecule has 1 aromatic carbocycles. The number of halogens is 2. The lowest BCUT2D eigenvalue weighted by Crippen LogP contribution is -1.85. The lowest BCUT2D eigenvalue weighted by molar-refractivity contribution is 0.412. The van der Waals surface area contributed by atoms with Crippen LogP contribution in [0.2, 0.25) is 0 Å². The van der Waals surface area contributed by atoms with E-state index in [9.17, 15) is 0 Å². The van der Waals surface area contributed by atoms with Crippen LogP contribution in [0, 0.1) is 3.57 Å². The van der Waals surface area contributed by atoms with Gasteiger partial charge in [-0.1, -0.05) is 0 Å². The van der Waals surface area contributed by atoms with Crippen LogP contribution in [0.5, 0.6) is 5.75 Å². The maximum Gasteiger partial charge on any atom is 0.133 e. The SMILES string of the molecule is COc1ccc2cc(Br)sc2c1I. The number of rotatable bonds is 1. The van der Waals surface area contributed by atoms with Crippen LogP contribution in [0.4, 0.5) is 0 Å². The Morgan fingerprint density at radius 1 is 1.46 bits per heavy atom. The Morgan fingerprint density at radius 3 is 2.92 bits per heavy atom. The molecule has 0 spiro atoms. The summed E-state index contributed by atoms with van der Waals surface area (Å²) in [5.74, 6) is 0.947. The van der Waals surface area contributed by atoms with Gasteiger partial charge in [-0.25, -0.2) is 0 Å². The highest BCUT2D eigenvalue weighted by atomic mass is 127. The number of ether oxygens (including phenoxy) is 1. The highest BCUT2D eigenvalue weighted by molar-refractivity contribution is 14.1. The Balaban J connectivity index is 2.78. The molecule has 2 rings (SSSR count). The molecule has 13 heavy (non-hydrogen) atoms. The first-order chi connectivity index (χ1) is 6.22. The van der Waals surface area contributed by atoms with Crippen LogP contribution in [0.1, 0.15) is 0 Å². The van der Waals surface area contributed by atoms with Crippen molar-refractivity contribution >= 4 is 59.9 Å². The number of hydrogen-bond acceptors (Lipinski definition) is 2. The Kier molecular flexibility index (Phi) is 2.80. The number of methoxy groups -OCH3 is 1. The first kappa shape index (κ1) is 9.73. The summed E-state index contributed by atoms with van der Waals surface area (Å²) in [6.07, 6.45) is 0. The molecule has 0 aliphatic carbocycles. The zero-order valence-electron chi connectivity index (χ0n) is 6.80. The molecule has 0 unspecified atom stereocenters. The van der Waals surface area contributed by atoms with Gasteiger partial charge in [0.2, 0.25) is 0 Å². The molecule has 4 heteroatoms. The van der Waals surface area contributed by atoms with E-state index in [0.717, 1.165) is 9.54 Å². The van der Waals surface area contributed by atoms with E-state index in [0.29, 0.717) is 0 Å². The lowest BCUT2D eigenvalue weighted by Gasteiger charge is -2.02. The summed E-state index contributed by atoms with van der Waals surface area (Å²) in [7, 11) is 1.70. The third-order valence-corrected chi connectivity index (χ3v) is 4.89. The topological polar surface area (TPSA) is 9.23 Å². The van der Waals surface area contributed by atoms with Crippen molar-refractivity contribution in [3.8, 4) is 5.75 Å². The molecule has 0 radical (unpaired) electrons. The zero-order chi connectivity index (χ0) is 9.42. The van der Waals surface area contributed by atoms with Gasteiger partial charge in [0.1, 0.15) is 5.75 Å². The third kappa shape index (κ3) is 1.71. The highest BCUT2D eigenvalue weighted by Gasteiger charge is 2.07. The average molecular weight is 369 g/mol. The van der Waals surface area contributed by atoms with Gasteiger partial charge in [0.25, 0.3) is 0 Å². The summed E-state index contributed by atoms with van der Waals surface area (Å²) in [5.41, 5.74) is 0. The van der Waals surface area contributed by atoms with Crippen molar-refractivity contribution in [2.45, 2.75) is 0 Å². The van der Waals surface area contributed by atoms with Crippen molar-refractivity contribution in [3.63, 3.8) is 0 Å². The first-order valence-electron chi connectivity index (χ1n) is 3.64. The average Bonchev–Trinajstić information content (AvgIpc) is 2.47. The van der Waals surface area contributed by atoms with Crippen LogP contribution in [0.25, 0.3) is 10.1 Å². The summed E-state index contributed by atoms with van der Waals surface area (Å²) in [6, 6.07) is 6.21. The number of benzene rings is 1. The molecule has 0 amide bonds. The minimum absolute atomic E-state index is 0.947. The molecule has 0 aliphatic rings. The van der Waals surface area contributed by atoms with Crippen molar-refractivity contribution in [2.24, 2.45) is 0 Å². The molecular weight excluding hydrogens is 363 g/mol. The van der Waals surface area contributed by atoms with E-state index in [4.69, 9.17) is 4.74 Å². The number of thiophene rings is 1. The summed E-state index contributed by atoms with van der Waals surface area (Å²) < 4.78 is 8.88. The van der Waals surface area contributed by atoms with Crippen molar-refractivity contribution in [1.82, 2.24) is 0 Å². The summed E-state index contributed by atoms with van der Waals surface area (Å²) in [5, 5.41) is 1.27. The van der Waals surface area contributed by atoms with Gasteiger partial charge in [0, 0.05) is 0 Å². The second kappa shape index (κ2) is 3.74. The lowest BCUT2D eigenvalue weighted by atomic mass is 10.2. The third-order valence-electron chi connectivity index (χ3n) is 1.78. The molecule has 2 aromatic rings. The second-order valence-corrected chi connectivity index (χ2v) is 6.06. The Labute approximate surface area is 102 Å². The van der Waals surface area contributed by atoms with E-state index in [2.05, 4.69) is 50.7 Å². The van der Waals surface area contributed by atoms with Gasteiger partial charge in [0.15, 0.2) is 0 Å². The van der Waals surface area contributed by atoms with Crippen molar-refractivity contribution < 1.29 is 4.74 Å². The maximum absolute atomic E-state index is 5.25. The van der Waals surface area contributed by atoms with Crippen LogP contribution in [0.15, 0.2) is 22.0 Å². The second-order valence-electron chi connectivity index (χ2n) is 2.55. The van der Waals surface area contributed by atoms with Gasteiger partial charge in [-0.15, -0.1) is 11.3 Å². The predicted molar refractivity (Wildman–Crippen MR) is 68.8 cm³/mol. The molecule has 0 fully saturated rings. The summed E-state index contributed by atoms with van der Waals surface area (Å²) >= 11 is 7.53. The molecule has 0 aliphatic heterocycles. The highest BCUT2D eigenvalue weighted by Crippen LogP contribution is 2.37. The van der Waals surface area contributed by atoms with E-state index >= 15 is 0 Å². The van der Waals surface area contributed by atoms with Crippen LogP contribution < -0.4 is 4.74 Å². The van der Waals surface area contributed by atoms with Crippen LogP contribution in [-0.2, 0) is 0 Å². The number of hydrogen-bond donors (Lipinski definition) is 0. The Hall–Kier alpha value is 0.190.